The quantitative estimate of drug-likeness (QED) is 0.585. The first-order valence-electron chi connectivity index (χ1n) is 4.43. The number of amides is 1. The minimum absolute atomic E-state index is 0.0375. The highest BCUT2D eigenvalue weighted by atomic mass is 16.5. The summed E-state index contributed by atoms with van der Waals surface area (Å²) in [6, 6.07) is 0. The minimum atomic E-state index is -0.537. The van der Waals surface area contributed by atoms with Crippen LogP contribution in [0.3, 0.4) is 0 Å². The van der Waals surface area contributed by atoms with Crippen molar-refractivity contribution in [3.8, 4) is 0 Å². The Balaban J connectivity index is 2.13. The molecule has 1 saturated heterocycles. The van der Waals surface area contributed by atoms with Crippen LogP contribution in [0.25, 0.3) is 0 Å². The third kappa shape index (κ3) is 3.71. The molecule has 1 heterocycles. The lowest BCUT2D eigenvalue weighted by atomic mass is 10.3. The van der Waals surface area contributed by atoms with Crippen LogP contribution in [-0.2, 0) is 14.3 Å². The fraction of sp³-hybridized carbons (Fsp3) is 0.875. The van der Waals surface area contributed by atoms with Crippen LogP contribution in [0.5, 0.6) is 0 Å². The first-order chi connectivity index (χ1) is 6.20. The molecule has 3 N–H and O–H groups in total. The second-order valence-corrected chi connectivity index (χ2v) is 3.07. The summed E-state index contributed by atoms with van der Waals surface area (Å²) in [7, 11) is 0. The average Bonchev–Trinajstić information content (AvgIpc) is 2.15. The first kappa shape index (κ1) is 10.4. The molecule has 0 aliphatic carbocycles. The van der Waals surface area contributed by atoms with Crippen molar-refractivity contribution in [3.05, 3.63) is 0 Å². The Morgan fingerprint density at radius 1 is 1.85 bits per heavy atom. The van der Waals surface area contributed by atoms with Crippen LogP contribution in [0.4, 0.5) is 0 Å². The Kier molecular flexibility index (Phi) is 4.14. The van der Waals surface area contributed by atoms with Crippen molar-refractivity contribution in [1.29, 1.82) is 0 Å². The molecule has 0 radical (unpaired) electrons. The molecule has 76 valence electrons. The molecule has 1 amide bonds. The zero-order chi connectivity index (χ0) is 9.68. The molecule has 0 spiro atoms. The van der Waals surface area contributed by atoms with E-state index in [1.807, 2.05) is 0 Å². The normalized spacial score (nSPS) is 25.5. The number of morpholine rings is 1. The highest BCUT2D eigenvalue weighted by Crippen LogP contribution is 1.99. The van der Waals surface area contributed by atoms with Crippen molar-refractivity contribution in [3.63, 3.8) is 0 Å². The number of nitrogens with two attached hydrogens (primary N) is 1. The van der Waals surface area contributed by atoms with Crippen molar-refractivity contribution in [2.24, 2.45) is 5.73 Å². The van der Waals surface area contributed by atoms with Crippen molar-refractivity contribution in [1.82, 2.24) is 5.32 Å². The smallest absolute Gasteiger partial charge is 0.246 e. The van der Waals surface area contributed by atoms with Crippen LogP contribution in [0.1, 0.15) is 6.92 Å². The summed E-state index contributed by atoms with van der Waals surface area (Å²) in [6.07, 6.45) is -0.499. The summed E-state index contributed by atoms with van der Waals surface area (Å²) < 4.78 is 10.6. The molecule has 5 heteroatoms. The van der Waals surface area contributed by atoms with Gasteiger partial charge in [0, 0.05) is 13.1 Å². The van der Waals surface area contributed by atoms with Gasteiger partial charge in [-0.3, -0.25) is 4.79 Å². The Bertz CT molecular complexity index is 169. The lowest BCUT2D eigenvalue weighted by Gasteiger charge is -2.24. The molecule has 1 aliphatic heterocycles. The van der Waals surface area contributed by atoms with Gasteiger partial charge in [0.2, 0.25) is 5.91 Å². The van der Waals surface area contributed by atoms with Crippen LogP contribution >= 0.6 is 0 Å². The largest absolute Gasteiger partial charge is 0.373 e. The van der Waals surface area contributed by atoms with E-state index in [0.717, 1.165) is 13.1 Å². The van der Waals surface area contributed by atoms with E-state index in [0.29, 0.717) is 13.2 Å². The standard InChI is InChI=1S/C8H16N2O3/c1-6(8(9)11)13-5-7-4-10-2-3-12-7/h6-7,10H,2-5H2,1H3,(H2,9,11). The summed E-state index contributed by atoms with van der Waals surface area (Å²) in [5.74, 6) is -0.441. The van der Waals surface area contributed by atoms with Gasteiger partial charge in [-0.15, -0.1) is 0 Å². The highest BCUT2D eigenvalue weighted by molar-refractivity contribution is 5.78. The number of carbonyl (C=O) groups excluding carboxylic acids is 1. The molecule has 0 aromatic rings. The number of carbonyl (C=O) groups is 1. The summed E-state index contributed by atoms with van der Waals surface area (Å²) in [5.41, 5.74) is 5.03. The van der Waals surface area contributed by atoms with Gasteiger partial charge in [0.15, 0.2) is 0 Å². The summed E-state index contributed by atoms with van der Waals surface area (Å²) in [6.45, 7) is 4.39. The topological polar surface area (TPSA) is 73.6 Å². The molecule has 0 bridgehead atoms. The van der Waals surface area contributed by atoms with Crippen LogP contribution in [0.2, 0.25) is 0 Å². The van der Waals surface area contributed by atoms with E-state index < -0.39 is 12.0 Å². The second-order valence-electron chi connectivity index (χ2n) is 3.07. The lowest BCUT2D eigenvalue weighted by molar-refractivity contribution is -0.131. The van der Waals surface area contributed by atoms with E-state index in [-0.39, 0.29) is 6.10 Å². The number of rotatable bonds is 4. The van der Waals surface area contributed by atoms with Gasteiger partial charge in [-0.25, -0.2) is 0 Å². The molecule has 0 aromatic carbocycles. The van der Waals surface area contributed by atoms with Crippen molar-refractivity contribution < 1.29 is 14.3 Å². The summed E-state index contributed by atoms with van der Waals surface area (Å²) in [5, 5.41) is 3.17. The van der Waals surface area contributed by atoms with E-state index >= 15 is 0 Å². The fourth-order valence-electron chi connectivity index (χ4n) is 1.06. The van der Waals surface area contributed by atoms with Gasteiger partial charge in [0.25, 0.3) is 0 Å². The van der Waals surface area contributed by atoms with Crippen LogP contribution in [0.15, 0.2) is 0 Å². The van der Waals surface area contributed by atoms with E-state index in [1.165, 1.54) is 0 Å². The number of hydrogen-bond acceptors (Lipinski definition) is 4. The molecule has 1 aliphatic rings. The molecule has 1 fully saturated rings. The van der Waals surface area contributed by atoms with Gasteiger partial charge in [-0.05, 0) is 6.92 Å². The molecule has 2 unspecified atom stereocenters. The number of ether oxygens (including phenoxy) is 2. The van der Waals surface area contributed by atoms with Gasteiger partial charge in [-0.1, -0.05) is 0 Å². The van der Waals surface area contributed by atoms with E-state index in [2.05, 4.69) is 5.32 Å². The Labute approximate surface area is 77.6 Å². The van der Waals surface area contributed by atoms with E-state index in [4.69, 9.17) is 15.2 Å². The molecule has 0 saturated carbocycles. The van der Waals surface area contributed by atoms with E-state index in [1.54, 1.807) is 6.92 Å². The lowest BCUT2D eigenvalue weighted by Crippen LogP contribution is -2.42. The Morgan fingerprint density at radius 3 is 3.15 bits per heavy atom. The average molecular weight is 188 g/mol. The van der Waals surface area contributed by atoms with Gasteiger partial charge < -0.3 is 20.5 Å². The molecular weight excluding hydrogens is 172 g/mol. The molecular formula is C8H16N2O3. The van der Waals surface area contributed by atoms with E-state index in [9.17, 15) is 4.79 Å². The van der Waals surface area contributed by atoms with Crippen LogP contribution < -0.4 is 11.1 Å². The van der Waals surface area contributed by atoms with Gasteiger partial charge in [0.05, 0.1) is 19.3 Å². The zero-order valence-corrected chi connectivity index (χ0v) is 7.79. The zero-order valence-electron chi connectivity index (χ0n) is 7.79. The third-order valence-electron chi connectivity index (χ3n) is 1.94. The summed E-state index contributed by atoms with van der Waals surface area (Å²) in [4.78, 5) is 10.6. The Morgan fingerprint density at radius 2 is 2.62 bits per heavy atom. The molecule has 0 aromatic heterocycles. The number of nitrogens with one attached hydrogen (secondary N) is 1. The van der Waals surface area contributed by atoms with Gasteiger partial charge >= 0.3 is 0 Å². The minimum Gasteiger partial charge on any atom is -0.373 e. The fourth-order valence-corrected chi connectivity index (χ4v) is 1.06. The molecule has 5 nitrogen and oxygen atoms in total. The van der Waals surface area contributed by atoms with Crippen LogP contribution in [0, 0.1) is 0 Å². The predicted molar refractivity (Wildman–Crippen MR) is 47.2 cm³/mol. The molecule has 1 rings (SSSR count). The second kappa shape index (κ2) is 5.16. The SMILES string of the molecule is CC(OCC1CNCCO1)C(N)=O. The monoisotopic (exact) mass is 188 g/mol. The Hall–Kier alpha value is -0.650. The molecule has 2 atom stereocenters. The first-order valence-corrected chi connectivity index (χ1v) is 4.43. The highest BCUT2D eigenvalue weighted by Gasteiger charge is 2.16. The van der Waals surface area contributed by atoms with Crippen LogP contribution in [-0.4, -0.2) is 44.4 Å². The third-order valence-corrected chi connectivity index (χ3v) is 1.94. The van der Waals surface area contributed by atoms with Gasteiger partial charge in [0.1, 0.15) is 6.10 Å². The maximum Gasteiger partial charge on any atom is 0.246 e. The van der Waals surface area contributed by atoms with Crippen molar-refractivity contribution in [2.75, 3.05) is 26.3 Å². The maximum absolute atomic E-state index is 10.6. The van der Waals surface area contributed by atoms with Crippen molar-refractivity contribution >= 4 is 5.91 Å². The van der Waals surface area contributed by atoms with Gasteiger partial charge in [-0.2, -0.15) is 0 Å². The predicted octanol–water partition coefficient (Wildman–Crippen LogP) is -1.13. The molecule has 13 heavy (non-hydrogen) atoms. The summed E-state index contributed by atoms with van der Waals surface area (Å²) >= 11 is 0. The number of primary amides is 1. The van der Waals surface area contributed by atoms with Crippen molar-refractivity contribution in [2.45, 2.75) is 19.1 Å². The number of hydrogen-bond donors (Lipinski definition) is 2. The maximum atomic E-state index is 10.6.